The number of carbonyl (C=O) groups excluding carboxylic acids is 2. The normalized spacial score (nSPS) is 17.8. The monoisotopic (exact) mass is 332 g/mol. The number of carbonyl (C=O) groups is 3. The summed E-state index contributed by atoms with van der Waals surface area (Å²) in [6.07, 6.45) is 2.25. The van der Waals surface area contributed by atoms with Gasteiger partial charge in [-0.05, 0) is 43.0 Å². The molecule has 0 saturated carbocycles. The van der Waals surface area contributed by atoms with E-state index in [0.29, 0.717) is 44.5 Å². The molecule has 1 fully saturated rings. The zero-order valence-corrected chi connectivity index (χ0v) is 13.3. The minimum atomic E-state index is -1.03. The summed E-state index contributed by atoms with van der Waals surface area (Å²) >= 11 is 0. The van der Waals surface area contributed by atoms with Crippen LogP contribution < -0.4 is 5.32 Å². The number of nitrogens with one attached hydrogen (secondary N) is 1. The van der Waals surface area contributed by atoms with Gasteiger partial charge in [-0.15, -0.1) is 0 Å². The van der Waals surface area contributed by atoms with E-state index < -0.39 is 5.97 Å². The van der Waals surface area contributed by atoms with Crippen molar-refractivity contribution < 1.29 is 24.2 Å². The molecule has 7 heteroatoms. The number of ether oxygens (including phenoxy) is 1. The number of hydrogen-bond acceptors (Lipinski definition) is 4. The molecule has 0 bridgehead atoms. The van der Waals surface area contributed by atoms with Crippen molar-refractivity contribution in [3.05, 3.63) is 29.3 Å². The molecule has 2 heterocycles. The molecule has 128 valence electrons. The number of carboxylic acids is 1. The predicted molar refractivity (Wildman–Crippen MR) is 85.9 cm³/mol. The molecule has 1 aromatic carbocycles. The van der Waals surface area contributed by atoms with Gasteiger partial charge < -0.3 is 20.1 Å². The first-order valence-corrected chi connectivity index (χ1v) is 8.08. The molecule has 24 heavy (non-hydrogen) atoms. The molecule has 0 spiro atoms. The largest absolute Gasteiger partial charge is 0.480 e. The van der Waals surface area contributed by atoms with E-state index in [4.69, 9.17) is 9.84 Å². The number of aliphatic carboxylic acids is 1. The highest BCUT2D eigenvalue weighted by atomic mass is 16.5. The van der Waals surface area contributed by atoms with Crippen LogP contribution in [0.2, 0.25) is 0 Å². The average molecular weight is 332 g/mol. The first-order chi connectivity index (χ1) is 11.5. The Hall–Kier alpha value is -2.41. The van der Waals surface area contributed by atoms with Gasteiger partial charge in [-0.3, -0.25) is 14.4 Å². The fourth-order valence-electron chi connectivity index (χ4n) is 3.19. The van der Waals surface area contributed by atoms with Crippen molar-refractivity contribution in [3.8, 4) is 0 Å². The van der Waals surface area contributed by atoms with Gasteiger partial charge >= 0.3 is 5.97 Å². The van der Waals surface area contributed by atoms with Crippen molar-refractivity contribution in [2.24, 2.45) is 0 Å². The fourth-order valence-corrected chi connectivity index (χ4v) is 3.19. The van der Waals surface area contributed by atoms with Crippen LogP contribution in [0.1, 0.15) is 35.2 Å². The van der Waals surface area contributed by atoms with Crippen LogP contribution in [-0.2, 0) is 20.7 Å². The van der Waals surface area contributed by atoms with Gasteiger partial charge in [0.2, 0.25) is 5.91 Å². The minimum Gasteiger partial charge on any atom is -0.480 e. The van der Waals surface area contributed by atoms with Gasteiger partial charge in [0.15, 0.2) is 0 Å². The van der Waals surface area contributed by atoms with Crippen LogP contribution in [-0.4, -0.2) is 53.6 Å². The van der Waals surface area contributed by atoms with E-state index in [1.165, 1.54) is 4.90 Å². The number of rotatable bonds is 4. The van der Waals surface area contributed by atoms with Crippen molar-refractivity contribution in [2.75, 3.05) is 25.1 Å². The van der Waals surface area contributed by atoms with Crippen molar-refractivity contribution in [3.63, 3.8) is 0 Å². The lowest BCUT2D eigenvalue weighted by Crippen LogP contribution is -2.46. The predicted octanol–water partition coefficient (Wildman–Crippen LogP) is 1.28. The molecule has 1 saturated heterocycles. The van der Waals surface area contributed by atoms with E-state index in [2.05, 4.69) is 5.32 Å². The molecule has 7 nitrogen and oxygen atoms in total. The first-order valence-electron chi connectivity index (χ1n) is 8.08. The van der Waals surface area contributed by atoms with Crippen LogP contribution in [0.4, 0.5) is 5.69 Å². The molecule has 3 rings (SSSR count). The molecule has 0 unspecified atom stereocenters. The molecule has 2 aliphatic rings. The highest BCUT2D eigenvalue weighted by Gasteiger charge is 2.29. The Labute approximate surface area is 139 Å². The molecule has 0 atom stereocenters. The average Bonchev–Trinajstić information content (AvgIpc) is 2.59. The summed E-state index contributed by atoms with van der Waals surface area (Å²) < 4.78 is 5.30. The first kappa shape index (κ1) is 16.4. The number of amides is 2. The Morgan fingerprint density at radius 1 is 1.25 bits per heavy atom. The van der Waals surface area contributed by atoms with Crippen molar-refractivity contribution in [2.45, 2.75) is 31.7 Å². The maximum atomic E-state index is 12.9. The smallest absolute Gasteiger partial charge is 0.323 e. The zero-order valence-electron chi connectivity index (χ0n) is 13.3. The number of carboxylic acid groups (broad SMARTS) is 1. The molecule has 2 N–H and O–H groups in total. The standard InChI is InChI=1S/C17H20N2O5/c20-15-4-2-11-9-12(1-3-14(11)18-15)17(23)19(10-16(21)22)13-5-7-24-8-6-13/h1,3,9,13H,2,4-8,10H2,(H,18,20)(H,21,22). The fraction of sp³-hybridized carbons (Fsp3) is 0.471. The summed E-state index contributed by atoms with van der Waals surface area (Å²) in [6.45, 7) is 0.742. The Morgan fingerprint density at radius 2 is 2.00 bits per heavy atom. The van der Waals surface area contributed by atoms with Crippen LogP contribution >= 0.6 is 0 Å². The molecule has 0 aromatic heterocycles. The SMILES string of the molecule is O=C(O)CN(C(=O)c1ccc2c(c1)CCC(=O)N2)C1CCOCC1. The lowest BCUT2D eigenvalue weighted by Gasteiger charge is -2.33. The summed E-state index contributed by atoms with van der Waals surface area (Å²) in [5, 5.41) is 11.9. The second-order valence-electron chi connectivity index (χ2n) is 6.09. The zero-order chi connectivity index (χ0) is 17.1. The van der Waals surface area contributed by atoms with E-state index in [0.717, 1.165) is 11.3 Å². The highest BCUT2D eigenvalue weighted by molar-refractivity contribution is 5.99. The topological polar surface area (TPSA) is 95.9 Å². The van der Waals surface area contributed by atoms with E-state index in [9.17, 15) is 14.4 Å². The number of benzene rings is 1. The maximum Gasteiger partial charge on any atom is 0.323 e. The molecule has 1 aromatic rings. The minimum absolute atomic E-state index is 0.0312. The number of anilines is 1. The van der Waals surface area contributed by atoms with E-state index in [-0.39, 0.29) is 24.4 Å². The summed E-state index contributed by atoms with van der Waals surface area (Å²) in [7, 11) is 0. The van der Waals surface area contributed by atoms with Crippen molar-refractivity contribution in [1.29, 1.82) is 0 Å². The number of fused-ring (bicyclic) bond motifs is 1. The van der Waals surface area contributed by atoms with E-state index in [1.807, 2.05) is 0 Å². The summed E-state index contributed by atoms with van der Waals surface area (Å²) in [4.78, 5) is 36.9. The van der Waals surface area contributed by atoms with Gasteiger partial charge in [0.25, 0.3) is 5.91 Å². The van der Waals surface area contributed by atoms with Crippen LogP contribution in [0.5, 0.6) is 0 Å². The van der Waals surface area contributed by atoms with Crippen LogP contribution in [0.3, 0.4) is 0 Å². The van der Waals surface area contributed by atoms with Crippen LogP contribution in [0.15, 0.2) is 18.2 Å². The highest BCUT2D eigenvalue weighted by Crippen LogP contribution is 2.25. The summed E-state index contributed by atoms with van der Waals surface area (Å²) in [5.41, 5.74) is 2.08. The molecule has 2 aliphatic heterocycles. The van der Waals surface area contributed by atoms with Gasteiger partial charge in [-0.1, -0.05) is 0 Å². The van der Waals surface area contributed by atoms with Gasteiger partial charge in [-0.25, -0.2) is 0 Å². The molecular formula is C17H20N2O5. The number of hydrogen-bond donors (Lipinski definition) is 2. The number of nitrogens with zero attached hydrogens (tertiary/aromatic N) is 1. The van der Waals surface area contributed by atoms with Gasteiger partial charge in [-0.2, -0.15) is 0 Å². The van der Waals surface area contributed by atoms with Crippen LogP contribution in [0, 0.1) is 0 Å². The Balaban J connectivity index is 1.83. The van der Waals surface area contributed by atoms with Gasteiger partial charge in [0.1, 0.15) is 6.54 Å². The summed E-state index contributed by atoms with van der Waals surface area (Å²) in [5.74, 6) is -1.35. The summed E-state index contributed by atoms with van der Waals surface area (Å²) in [6, 6.07) is 4.98. The third-order valence-electron chi connectivity index (χ3n) is 4.45. The van der Waals surface area contributed by atoms with Crippen LogP contribution in [0.25, 0.3) is 0 Å². The second kappa shape index (κ2) is 7.00. The maximum absolute atomic E-state index is 12.9. The van der Waals surface area contributed by atoms with Gasteiger partial charge in [0, 0.05) is 36.9 Å². The number of aryl methyl sites for hydroxylation is 1. The quantitative estimate of drug-likeness (QED) is 0.866. The molecule has 0 radical (unpaired) electrons. The second-order valence-corrected chi connectivity index (χ2v) is 6.09. The lowest BCUT2D eigenvalue weighted by atomic mass is 9.99. The van der Waals surface area contributed by atoms with Crippen molar-refractivity contribution in [1.82, 2.24) is 4.90 Å². The van der Waals surface area contributed by atoms with Gasteiger partial charge in [0.05, 0.1) is 0 Å². The third kappa shape index (κ3) is 3.56. The Kier molecular flexibility index (Phi) is 4.80. The Bertz CT molecular complexity index is 667. The lowest BCUT2D eigenvalue weighted by molar-refractivity contribution is -0.138. The molecular weight excluding hydrogens is 312 g/mol. The van der Waals surface area contributed by atoms with E-state index in [1.54, 1.807) is 18.2 Å². The molecule has 2 amide bonds. The molecule has 0 aliphatic carbocycles. The van der Waals surface area contributed by atoms with Crippen molar-refractivity contribution >= 4 is 23.5 Å². The third-order valence-corrected chi connectivity index (χ3v) is 4.45. The Morgan fingerprint density at radius 3 is 2.71 bits per heavy atom. The van der Waals surface area contributed by atoms with E-state index >= 15 is 0 Å².